The number of nitro groups is 1. The summed E-state index contributed by atoms with van der Waals surface area (Å²) in [5, 5.41) is 13.4. The number of carbonyl (C=O) groups is 1. The van der Waals surface area contributed by atoms with E-state index in [2.05, 4.69) is 10.3 Å². The first-order valence-electron chi connectivity index (χ1n) is 6.13. The number of pyridine rings is 1. The molecule has 1 N–H and O–H groups in total. The number of carbonyl (C=O) groups excluding carboxylic acids is 1. The molecule has 0 bridgehead atoms. The van der Waals surface area contributed by atoms with Gasteiger partial charge < -0.3 is 10.2 Å². The number of nitrogens with zero attached hydrogens (tertiary/aromatic N) is 3. The van der Waals surface area contributed by atoms with Crippen LogP contribution in [-0.2, 0) is 6.54 Å². The van der Waals surface area contributed by atoms with Crippen LogP contribution in [0.25, 0.3) is 0 Å². The topological polar surface area (TPSA) is 88.4 Å². The molecule has 110 valence electrons. The summed E-state index contributed by atoms with van der Waals surface area (Å²) in [6, 6.07) is 4.94. The minimum absolute atomic E-state index is 0.134. The first-order chi connectivity index (χ1) is 9.97. The Kier molecular flexibility index (Phi) is 4.49. The lowest BCUT2D eigenvalue weighted by atomic mass is 10.3. The summed E-state index contributed by atoms with van der Waals surface area (Å²) in [6.45, 7) is 2.44. The number of anilines is 1. The lowest BCUT2D eigenvalue weighted by molar-refractivity contribution is -0.384. The quantitative estimate of drug-likeness (QED) is 0.694. The number of hydrogen-bond donors (Lipinski definition) is 1. The van der Waals surface area contributed by atoms with Crippen molar-refractivity contribution < 1.29 is 9.72 Å². The maximum Gasteiger partial charge on any atom is 0.322 e. The van der Waals surface area contributed by atoms with Crippen LogP contribution < -0.4 is 5.32 Å². The average molecular weight is 306 g/mol. The molecule has 2 amide bonds. The zero-order valence-corrected chi connectivity index (χ0v) is 12.4. The van der Waals surface area contributed by atoms with Gasteiger partial charge in [0.15, 0.2) is 0 Å². The smallest absolute Gasteiger partial charge is 0.322 e. The van der Waals surface area contributed by atoms with Crippen LogP contribution in [0.4, 0.5) is 16.2 Å². The lowest BCUT2D eigenvalue weighted by Gasteiger charge is -2.17. The third-order valence-electron chi connectivity index (χ3n) is 2.77. The van der Waals surface area contributed by atoms with E-state index in [1.807, 2.05) is 19.1 Å². The van der Waals surface area contributed by atoms with Gasteiger partial charge in [0.25, 0.3) is 0 Å². The van der Waals surface area contributed by atoms with E-state index < -0.39 is 11.0 Å². The number of amides is 2. The molecular weight excluding hydrogens is 292 g/mol. The molecule has 0 aliphatic rings. The second-order valence-electron chi connectivity index (χ2n) is 4.45. The Morgan fingerprint density at radius 1 is 1.48 bits per heavy atom. The normalized spacial score (nSPS) is 10.2. The maximum absolute atomic E-state index is 12.1. The summed E-state index contributed by atoms with van der Waals surface area (Å²) >= 11 is 1.61. The van der Waals surface area contributed by atoms with Crippen molar-refractivity contribution in [1.29, 1.82) is 0 Å². The van der Waals surface area contributed by atoms with Crippen LogP contribution in [0.5, 0.6) is 0 Å². The second-order valence-corrected chi connectivity index (χ2v) is 5.82. The Bertz CT molecular complexity index is 671. The van der Waals surface area contributed by atoms with Crippen LogP contribution in [-0.4, -0.2) is 27.9 Å². The highest BCUT2D eigenvalue weighted by Crippen LogP contribution is 2.22. The summed E-state index contributed by atoms with van der Waals surface area (Å²) in [6.07, 6.45) is 2.50. The Morgan fingerprint density at radius 3 is 2.86 bits per heavy atom. The Morgan fingerprint density at radius 2 is 2.24 bits per heavy atom. The summed E-state index contributed by atoms with van der Waals surface area (Å²) in [5.41, 5.74) is -0.0968. The zero-order chi connectivity index (χ0) is 15.4. The van der Waals surface area contributed by atoms with Crippen LogP contribution in [0.15, 0.2) is 30.6 Å². The van der Waals surface area contributed by atoms with E-state index in [9.17, 15) is 14.9 Å². The number of aromatic nitrogens is 1. The van der Waals surface area contributed by atoms with Crippen molar-refractivity contribution in [3.63, 3.8) is 0 Å². The van der Waals surface area contributed by atoms with E-state index in [1.54, 1.807) is 18.4 Å². The number of rotatable bonds is 4. The van der Waals surface area contributed by atoms with Crippen molar-refractivity contribution in [2.75, 3.05) is 12.4 Å². The lowest BCUT2D eigenvalue weighted by Crippen LogP contribution is -2.30. The monoisotopic (exact) mass is 306 g/mol. The van der Waals surface area contributed by atoms with Gasteiger partial charge in [0.1, 0.15) is 11.9 Å². The van der Waals surface area contributed by atoms with Gasteiger partial charge in [-0.15, -0.1) is 11.3 Å². The number of aryl methyl sites for hydroxylation is 1. The summed E-state index contributed by atoms with van der Waals surface area (Å²) in [4.78, 5) is 29.7. The van der Waals surface area contributed by atoms with Crippen LogP contribution in [0.1, 0.15) is 9.75 Å². The molecule has 8 heteroatoms. The molecule has 0 saturated heterocycles. The molecule has 0 atom stereocenters. The second kappa shape index (κ2) is 6.31. The molecule has 0 aliphatic carbocycles. The van der Waals surface area contributed by atoms with Gasteiger partial charge in [0.05, 0.1) is 11.5 Å². The Labute approximate surface area is 125 Å². The molecule has 2 heterocycles. The fraction of sp³-hybridized carbons (Fsp3) is 0.231. The van der Waals surface area contributed by atoms with E-state index in [4.69, 9.17) is 0 Å². The van der Waals surface area contributed by atoms with Crippen molar-refractivity contribution in [3.05, 3.63) is 50.5 Å². The number of nitrogens with one attached hydrogen (secondary N) is 1. The molecule has 2 rings (SSSR count). The summed E-state index contributed by atoms with van der Waals surface area (Å²) in [7, 11) is 1.64. The third kappa shape index (κ3) is 3.76. The summed E-state index contributed by atoms with van der Waals surface area (Å²) < 4.78 is 0. The van der Waals surface area contributed by atoms with Gasteiger partial charge in [-0.25, -0.2) is 4.79 Å². The Balaban J connectivity index is 2.05. The SMILES string of the molecule is Cc1ccc(CN(C)C(=O)Nc2ccncc2[N+](=O)[O-])s1. The third-order valence-corrected chi connectivity index (χ3v) is 3.76. The standard InChI is InChI=1S/C13H14N4O3S/c1-9-3-4-10(21-9)8-16(2)13(18)15-11-5-6-14-7-12(11)17(19)20/h3-7H,8H2,1-2H3,(H,14,15,18). The highest BCUT2D eigenvalue weighted by molar-refractivity contribution is 7.11. The largest absolute Gasteiger partial charge is 0.322 e. The minimum Gasteiger partial charge on any atom is -0.322 e. The van der Waals surface area contributed by atoms with Crippen LogP contribution in [0.2, 0.25) is 0 Å². The van der Waals surface area contributed by atoms with Gasteiger partial charge in [-0.2, -0.15) is 0 Å². The van der Waals surface area contributed by atoms with Crippen LogP contribution >= 0.6 is 11.3 Å². The van der Waals surface area contributed by atoms with Gasteiger partial charge >= 0.3 is 11.7 Å². The molecule has 0 spiro atoms. The van der Waals surface area contributed by atoms with Gasteiger partial charge in [-0.05, 0) is 25.1 Å². The fourth-order valence-corrected chi connectivity index (χ4v) is 2.67. The van der Waals surface area contributed by atoms with Gasteiger partial charge in [0.2, 0.25) is 0 Å². The number of hydrogen-bond acceptors (Lipinski definition) is 5. The average Bonchev–Trinajstić information content (AvgIpc) is 2.84. The number of urea groups is 1. The highest BCUT2D eigenvalue weighted by Gasteiger charge is 2.17. The molecule has 0 aliphatic heterocycles. The van der Waals surface area contributed by atoms with E-state index in [1.165, 1.54) is 22.0 Å². The van der Waals surface area contributed by atoms with Crippen LogP contribution in [0.3, 0.4) is 0 Å². The van der Waals surface area contributed by atoms with Crippen molar-refractivity contribution in [2.45, 2.75) is 13.5 Å². The summed E-state index contributed by atoms with van der Waals surface area (Å²) in [5.74, 6) is 0. The van der Waals surface area contributed by atoms with E-state index in [0.29, 0.717) is 6.54 Å². The molecule has 2 aromatic heterocycles. The molecule has 21 heavy (non-hydrogen) atoms. The zero-order valence-electron chi connectivity index (χ0n) is 11.6. The molecule has 2 aromatic rings. The van der Waals surface area contributed by atoms with Crippen molar-refractivity contribution in [3.8, 4) is 0 Å². The molecule has 0 saturated carbocycles. The molecule has 0 aromatic carbocycles. The molecule has 0 radical (unpaired) electrons. The van der Waals surface area contributed by atoms with Crippen molar-refractivity contribution in [2.24, 2.45) is 0 Å². The molecular formula is C13H14N4O3S. The molecule has 7 nitrogen and oxygen atoms in total. The predicted octanol–water partition coefficient (Wildman–Crippen LogP) is 3.02. The molecule has 0 fully saturated rings. The van der Waals surface area contributed by atoms with Crippen molar-refractivity contribution in [1.82, 2.24) is 9.88 Å². The first kappa shape index (κ1) is 14.9. The van der Waals surface area contributed by atoms with Gasteiger partial charge in [0, 0.05) is 23.0 Å². The fourth-order valence-electron chi connectivity index (χ4n) is 1.72. The van der Waals surface area contributed by atoms with Gasteiger partial charge in [-0.1, -0.05) is 0 Å². The first-order valence-corrected chi connectivity index (χ1v) is 6.95. The van der Waals surface area contributed by atoms with Crippen molar-refractivity contribution >= 4 is 28.7 Å². The maximum atomic E-state index is 12.1. The predicted molar refractivity (Wildman–Crippen MR) is 80.4 cm³/mol. The van der Waals surface area contributed by atoms with E-state index in [0.717, 1.165) is 11.1 Å². The Hall–Kier alpha value is -2.48. The molecule has 0 unspecified atom stereocenters. The number of thiophene rings is 1. The van der Waals surface area contributed by atoms with E-state index in [-0.39, 0.29) is 11.4 Å². The van der Waals surface area contributed by atoms with E-state index >= 15 is 0 Å². The highest BCUT2D eigenvalue weighted by atomic mass is 32.1. The minimum atomic E-state index is -0.578. The van der Waals surface area contributed by atoms with Gasteiger partial charge in [-0.3, -0.25) is 15.1 Å². The van der Waals surface area contributed by atoms with Crippen LogP contribution in [0, 0.1) is 17.0 Å².